The van der Waals surface area contributed by atoms with E-state index in [1.54, 1.807) is 0 Å². The lowest BCUT2D eigenvalue weighted by atomic mass is 10.1. The number of nitrogens with zero attached hydrogens (tertiary/aromatic N) is 2. The number of hydrogen-bond donors (Lipinski definition) is 1. The first kappa shape index (κ1) is 13.8. The largest absolute Gasteiger partial charge is 0.378 e. The summed E-state index contributed by atoms with van der Waals surface area (Å²) in [6, 6.07) is 0.373. The topological polar surface area (TPSA) is 44.8 Å². The van der Waals surface area contributed by atoms with Crippen LogP contribution in [0.1, 0.15) is 20.3 Å². The molecule has 1 N–H and O–H groups in total. The molecule has 2 saturated heterocycles. The molecule has 0 bridgehead atoms. The molecule has 2 rings (SSSR count). The van der Waals surface area contributed by atoms with Crippen molar-refractivity contribution in [1.29, 1.82) is 0 Å². The second-order valence-corrected chi connectivity index (χ2v) is 5.13. The second-order valence-electron chi connectivity index (χ2n) is 5.13. The van der Waals surface area contributed by atoms with E-state index >= 15 is 0 Å². The minimum Gasteiger partial charge on any atom is -0.378 e. The summed E-state index contributed by atoms with van der Waals surface area (Å²) in [7, 11) is 0. The van der Waals surface area contributed by atoms with Crippen molar-refractivity contribution >= 4 is 5.91 Å². The maximum Gasteiger partial charge on any atom is 0.239 e. The van der Waals surface area contributed by atoms with E-state index in [1.807, 2.05) is 11.8 Å². The maximum absolute atomic E-state index is 12.5. The molecule has 5 heteroatoms. The first-order valence-electron chi connectivity index (χ1n) is 7.07. The number of piperazine rings is 1. The highest BCUT2D eigenvalue weighted by molar-refractivity contribution is 5.81. The van der Waals surface area contributed by atoms with Gasteiger partial charge in [0, 0.05) is 38.8 Å². The number of carbonyl (C=O) groups is 1. The molecule has 2 aliphatic rings. The van der Waals surface area contributed by atoms with E-state index in [2.05, 4.69) is 17.1 Å². The van der Waals surface area contributed by atoms with Crippen molar-refractivity contribution in [1.82, 2.24) is 15.1 Å². The highest BCUT2D eigenvalue weighted by atomic mass is 16.5. The van der Waals surface area contributed by atoms with Crippen molar-refractivity contribution in [3.63, 3.8) is 0 Å². The van der Waals surface area contributed by atoms with Gasteiger partial charge >= 0.3 is 0 Å². The van der Waals surface area contributed by atoms with Crippen LogP contribution in [0, 0.1) is 0 Å². The van der Waals surface area contributed by atoms with Gasteiger partial charge in [-0.05, 0) is 13.3 Å². The Kier molecular flexibility index (Phi) is 4.97. The van der Waals surface area contributed by atoms with Crippen LogP contribution in [0.4, 0.5) is 0 Å². The lowest BCUT2D eigenvalue weighted by Gasteiger charge is -2.40. The fourth-order valence-corrected chi connectivity index (χ4v) is 2.82. The molecule has 0 spiro atoms. The van der Waals surface area contributed by atoms with Crippen LogP contribution in [-0.4, -0.2) is 73.7 Å². The van der Waals surface area contributed by atoms with Gasteiger partial charge in [-0.15, -0.1) is 0 Å². The predicted molar refractivity (Wildman–Crippen MR) is 70.5 cm³/mol. The predicted octanol–water partition coefficient (Wildman–Crippen LogP) is -0.0825. The van der Waals surface area contributed by atoms with Crippen LogP contribution < -0.4 is 5.32 Å². The third-order valence-electron chi connectivity index (χ3n) is 4.03. The Balaban J connectivity index is 1.95. The summed E-state index contributed by atoms with van der Waals surface area (Å²) >= 11 is 0. The van der Waals surface area contributed by atoms with E-state index in [0.29, 0.717) is 6.04 Å². The Morgan fingerprint density at radius 1 is 1.39 bits per heavy atom. The fourth-order valence-electron chi connectivity index (χ4n) is 2.82. The standard InChI is InChI=1S/C13H25N3O2/c1-3-12-10-18-9-8-16(12)11(2)13(17)15-6-4-14-5-7-15/h11-12,14H,3-10H2,1-2H3. The molecule has 2 aliphatic heterocycles. The molecular formula is C13H25N3O2. The van der Waals surface area contributed by atoms with E-state index in [0.717, 1.165) is 52.4 Å². The molecular weight excluding hydrogens is 230 g/mol. The average molecular weight is 255 g/mol. The third-order valence-corrected chi connectivity index (χ3v) is 4.03. The highest BCUT2D eigenvalue weighted by Crippen LogP contribution is 2.15. The number of ether oxygens (including phenoxy) is 1. The van der Waals surface area contributed by atoms with Crippen molar-refractivity contribution < 1.29 is 9.53 Å². The lowest BCUT2D eigenvalue weighted by Crippen LogP contribution is -2.57. The molecule has 18 heavy (non-hydrogen) atoms. The van der Waals surface area contributed by atoms with E-state index in [4.69, 9.17) is 4.74 Å². The maximum atomic E-state index is 12.5. The molecule has 0 aromatic heterocycles. The highest BCUT2D eigenvalue weighted by Gasteiger charge is 2.32. The summed E-state index contributed by atoms with van der Waals surface area (Å²) in [6.07, 6.45) is 1.04. The van der Waals surface area contributed by atoms with Gasteiger partial charge in [-0.25, -0.2) is 0 Å². The van der Waals surface area contributed by atoms with Gasteiger partial charge in [0.25, 0.3) is 0 Å². The van der Waals surface area contributed by atoms with E-state index < -0.39 is 0 Å². The zero-order chi connectivity index (χ0) is 13.0. The smallest absolute Gasteiger partial charge is 0.239 e. The van der Waals surface area contributed by atoms with Gasteiger partial charge in [-0.3, -0.25) is 9.69 Å². The summed E-state index contributed by atoms with van der Waals surface area (Å²) in [6.45, 7) is 10.1. The number of rotatable bonds is 3. The first-order chi connectivity index (χ1) is 8.74. The molecule has 0 aromatic rings. The van der Waals surface area contributed by atoms with Gasteiger partial charge in [-0.1, -0.05) is 6.92 Å². The van der Waals surface area contributed by atoms with Gasteiger partial charge in [0.15, 0.2) is 0 Å². The van der Waals surface area contributed by atoms with Crippen molar-refractivity contribution in [2.45, 2.75) is 32.4 Å². The molecule has 2 fully saturated rings. The van der Waals surface area contributed by atoms with Crippen molar-refractivity contribution in [3.8, 4) is 0 Å². The van der Waals surface area contributed by atoms with E-state index in [9.17, 15) is 4.79 Å². The van der Waals surface area contributed by atoms with Crippen LogP contribution in [-0.2, 0) is 9.53 Å². The molecule has 0 radical (unpaired) electrons. The number of carbonyl (C=O) groups excluding carboxylic acids is 1. The second kappa shape index (κ2) is 6.50. The number of amides is 1. The van der Waals surface area contributed by atoms with Crippen LogP contribution in [0.2, 0.25) is 0 Å². The molecule has 0 saturated carbocycles. The zero-order valence-electron chi connectivity index (χ0n) is 11.5. The molecule has 2 atom stereocenters. The van der Waals surface area contributed by atoms with Crippen molar-refractivity contribution in [2.75, 3.05) is 45.9 Å². The Hall–Kier alpha value is -0.650. The molecule has 5 nitrogen and oxygen atoms in total. The van der Waals surface area contributed by atoms with E-state index in [-0.39, 0.29) is 11.9 Å². The average Bonchev–Trinajstić information content (AvgIpc) is 2.46. The van der Waals surface area contributed by atoms with Gasteiger partial charge in [0.2, 0.25) is 5.91 Å². The van der Waals surface area contributed by atoms with Gasteiger partial charge in [0.1, 0.15) is 0 Å². The molecule has 2 heterocycles. The third kappa shape index (κ3) is 3.02. The minimum absolute atomic E-state index is 0.0167. The molecule has 0 aliphatic carbocycles. The Labute approximate surface area is 109 Å². The SMILES string of the molecule is CCC1COCCN1C(C)C(=O)N1CCNCC1. The van der Waals surface area contributed by atoms with Gasteiger partial charge < -0.3 is 15.0 Å². The lowest BCUT2D eigenvalue weighted by molar-refractivity contribution is -0.140. The Morgan fingerprint density at radius 2 is 2.11 bits per heavy atom. The van der Waals surface area contributed by atoms with Crippen LogP contribution in [0.15, 0.2) is 0 Å². The molecule has 104 valence electrons. The molecule has 1 amide bonds. The Morgan fingerprint density at radius 3 is 2.78 bits per heavy atom. The quantitative estimate of drug-likeness (QED) is 0.766. The number of nitrogens with one attached hydrogen (secondary N) is 1. The molecule has 2 unspecified atom stereocenters. The minimum atomic E-state index is -0.0167. The summed E-state index contributed by atoms with van der Waals surface area (Å²) < 4.78 is 5.50. The van der Waals surface area contributed by atoms with Crippen LogP contribution in [0.3, 0.4) is 0 Å². The number of morpholine rings is 1. The Bertz CT molecular complexity index is 279. The van der Waals surface area contributed by atoms with Gasteiger partial charge in [-0.2, -0.15) is 0 Å². The first-order valence-corrected chi connectivity index (χ1v) is 7.07. The van der Waals surface area contributed by atoms with Crippen molar-refractivity contribution in [2.24, 2.45) is 0 Å². The monoisotopic (exact) mass is 255 g/mol. The van der Waals surface area contributed by atoms with Crippen LogP contribution >= 0.6 is 0 Å². The van der Waals surface area contributed by atoms with Crippen LogP contribution in [0.25, 0.3) is 0 Å². The summed E-state index contributed by atoms with van der Waals surface area (Å²) in [5, 5.41) is 3.28. The number of hydrogen-bond acceptors (Lipinski definition) is 4. The van der Waals surface area contributed by atoms with Crippen LogP contribution in [0.5, 0.6) is 0 Å². The fraction of sp³-hybridized carbons (Fsp3) is 0.923. The summed E-state index contributed by atoms with van der Waals surface area (Å²) in [5.74, 6) is 0.275. The normalized spacial score (nSPS) is 28.1. The summed E-state index contributed by atoms with van der Waals surface area (Å²) in [4.78, 5) is 16.8. The summed E-state index contributed by atoms with van der Waals surface area (Å²) in [5.41, 5.74) is 0. The molecule has 0 aromatic carbocycles. The van der Waals surface area contributed by atoms with Gasteiger partial charge in [0.05, 0.1) is 19.3 Å². The van der Waals surface area contributed by atoms with E-state index in [1.165, 1.54) is 0 Å². The van der Waals surface area contributed by atoms with Crippen molar-refractivity contribution in [3.05, 3.63) is 0 Å². The zero-order valence-corrected chi connectivity index (χ0v) is 11.5.